The van der Waals surface area contributed by atoms with Gasteiger partial charge in [-0.2, -0.15) is 0 Å². The Balaban J connectivity index is 1.40. The molecule has 1 saturated carbocycles. The van der Waals surface area contributed by atoms with Crippen molar-refractivity contribution >= 4 is 22.8 Å². The van der Waals surface area contributed by atoms with Crippen LogP contribution >= 0.6 is 0 Å². The van der Waals surface area contributed by atoms with Gasteiger partial charge in [-0.05, 0) is 54.8 Å². The molecule has 4 aromatic rings. The van der Waals surface area contributed by atoms with Crippen molar-refractivity contribution < 1.29 is 18.4 Å². The van der Waals surface area contributed by atoms with E-state index in [0.29, 0.717) is 22.3 Å². The standard InChI is InChI=1S/C26H22N2O5/c29-22-14-24(33-23-6-2-1-5-21(22)23)26(31)28(16-20-4-3-13-32-20)15-17-7-9-18(10-8-17)25(30)27-19-11-12-19/h1-10,13-14,19H,11-12,15-16H2,(H,27,30). The van der Waals surface area contributed by atoms with Crippen molar-refractivity contribution in [2.75, 3.05) is 0 Å². The number of fused-ring (bicyclic) bond motifs is 1. The fourth-order valence-corrected chi connectivity index (χ4v) is 3.63. The summed E-state index contributed by atoms with van der Waals surface area (Å²) in [4.78, 5) is 39.6. The van der Waals surface area contributed by atoms with Crippen molar-refractivity contribution in [3.8, 4) is 0 Å². The van der Waals surface area contributed by atoms with Gasteiger partial charge in [0.25, 0.3) is 11.8 Å². The zero-order valence-electron chi connectivity index (χ0n) is 17.8. The van der Waals surface area contributed by atoms with Gasteiger partial charge in [0.2, 0.25) is 0 Å². The summed E-state index contributed by atoms with van der Waals surface area (Å²) in [7, 11) is 0. The van der Waals surface area contributed by atoms with Gasteiger partial charge in [0.1, 0.15) is 11.3 Å². The summed E-state index contributed by atoms with van der Waals surface area (Å²) in [5, 5.41) is 3.38. The number of furan rings is 1. The minimum Gasteiger partial charge on any atom is -0.467 e. The molecule has 1 aliphatic rings. The Morgan fingerprint density at radius 2 is 1.76 bits per heavy atom. The number of carbonyl (C=O) groups is 2. The lowest BCUT2D eigenvalue weighted by Gasteiger charge is -2.21. The molecule has 0 spiro atoms. The van der Waals surface area contributed by atoms with Crippen LogP contribution in [-0.4, -0.2) is 22.8 Å². The highest BCUT2D eigenvalue weighted by Gasteiger charge is 2.24. The van der Waals surface area contributed by atoms with Crippen LogP contribution in [0.1, 0.15) is 45.1 Å². The minimum absolute atomic E-state index is 0.0364. The van der Waals surface area contributed by atoms with E-state index in [1.54, 1.807) is 59.7 Å². The fourth-order valence-electron chi connectivity index (χ4n) is 3.63. The predicted octanol–water partition coefficient (Wildman–Crippen LogP) is 4.12. The molecule has 2 aromatic heterocycles. The van der Waals surface area contributed by atoms with Crippen molar-refractivity contribution in [3.05, 3.63) is 106 Å². The minimum atomic E-state index is -0.426. The van der Waals surface area contributed by atoms with E-state index < -0.39 is 5.91 Å². The molecular weight excluding hydrogens is 420 g/mol. The van der Waals surface area contributed by atoms with Crippen LogP contribution in [0.3, 0.4) is 0 Å². The number of nitrogens with one attached hydrogen (secondary N) is 1. The first kappa shape index (κ1) is 20.8. The number of benzene rings is 2. The average Bonchev–Trinajstić information content (AvgIpc) is 3.49. The number of hydrogen-bond donors (Lipinski definition) is 1. The third-order valence-electron chi connectivity index (χ3n) is 5.56. The number of nitrogens with zero attached hydrogens (tertiary/aromatic N) is 1. The molecular formula is C26H22N2O5. The molecule has 33 heavy (non-hydrogen) atoms. The van der Waals surface area contributed by atoms with Crippen LogP contribution in [0.4, 0.5) is 0 Å². The van der Waals surface area contributed by atoms with Gasteiger partial charge in [0, 0.05) is 24.2 Å². The maximum absolute atomic E-state index is 13.4. The molecule has 0 aliphatic heterocycles. The molecule has 1 aliphatic carbocycles. The van der Waals surface area contributed by atoms with Crippen molar-refractivity contribution in [3.63, 3.8) is 0 Å². The summed E-state index contributed by atoms with van der Waals surface area (Å²) in [6, 6.07) is 19.0. The topological polar surface area (TPSA) is 92.8 Å². The van der Waals surface area contributed by atoms with Crippen molar-refractivity contribution in [1.29, 1.82) is 0 Å². The summed E-state index contributed by atoms with van der Waals surface area (Å²) < 4.78 is 11.2. The van der Waals surface area contributed by atoms with E-state index in [4.69, 9.17) is 8.83 Å². The van der Waals surface area contributed by atoms with E-state index in [1.807, 2.05) is 12.1 Å². The van der Waals surface area contributed by atoms with Crippen molar-refractivity contribution in [2.24, 2.45) is 0 Å². The summed E-state index contributed by atoms with van der Waals surface area (Å²) >= 11 is 0. The van der Waals surface area contributed by atoms with Crippen LogP contribution in [0.5, 0.6) is 0 Å². The van der Waals surface area contributed by atoms with Crippen LogP contribution in [0.2, 0.25) is 0 Å². The van der Waals surface area contributed by atoms with E-state index in [1.165, 1.54) is 6.07 Å². The summed E-state index contributed by atoms with van der Waals surface area (Å²) in [6.45, 7) is 0.451. The van der Waals surface area contributed by atoms with Gasteiger partial charge < -0.3 is 19.1 Å². The number of amides is 2. The van der Waals surface area contributed by atoms with Crippen molar-refractivity contribution in [2.45, 2.75) is 32.0 Å². The van der Waals surface area contributed by atoms with E-state index in [-0.39, 0.29) is 36.2 Å². The first-order valence-corrected chi connectivity index (χ1v) is 10.8. The second kappa shape index (κ2) is 8.78. The van der Waals surface area contributed by atoms with Crippen molar-refractivity contribution in [1.82, 2.24) is 10.2 Å². The fraction of sp³-hybridized carbons (Fsp3) is 0.192. The molecule has 1 N–H and O–H groups in total. The van der Waals surface area contributed by atoms with Gasteiger partial charge in [-0.25, -0.2) is 0 Å². The van der Waals surface area contributed by atoms with Crippen LogP contribution < -0.4 is 10.7 Å². The lowest BCUT2D eigenvalue weighted by atomic mass is 10.1. The van der Waals surface area contributed by atoms with Crippen LogP contribution in [0.15, 0.2) is 86.6 Å². The number of carbonyl (C=O) groups excluding carboxylic acids is 2. The molecule has 2 amide bonds. The molecule has 2 heterocycles. The molecule has 0 saturated heterocycles. The molecule has 5 rings (SSSR count). The Morgan fingerprint density at radius 3 is 2.48 bits per heavy atom. The van der Waals surface area contributed by atoms with E-state index in [2.05, 4.69) is 5.32 Å². The zero-order chi connectivity index (χ0) is 22.8. The molecule has 0 unspecified atom stereocenters. The summed E-state index contributed by atoms with van der Waals surface area (Å²) in [6.07, 6.45) is 3.60. The molecule has 0 radical (unpaired) electrons. The Bertz CT molecular complexity index is 1350. The Hall–Kier alpha value is -4.13. The Labute approximate surface area is 189 Å². The molecule has 7 nitrogen and oxygen atoms in total. The first-order valence-electron chi connectivity index (χ1n) is 10.8. The Kier molecular flexibility index (Phi) is 5.52. The summed E-state index contributed by atoms with van der Waals surface area (Å²) in [5.41, 5.74) is 1.50. The number of rotatable bonds is 7. The van der Waals surface area contributed by atoms with E-state index in [0.717, 1.165) is 18.4 Å². The first-order chi connectivity index (χ1) is 16.1. The molecule has 2 aromatic carbocycles. The van der Waals surface area contributed by atoms with Gasteiger partial charge in [0.05, 0.1) is 18.2 Å². The maximum atomic E-state index is 13.4. The highest BCUT2D eigenvalue weighted by molar-refractivity contribution is 5.95. The zero-order valence-corrected chi connectivity index (χ0v) is 17.8. The lowest BCUT2D eigenvalue weighted by Crippen LogP contribution is -2.30. The predicted molar refractivity (Wildman–Crippen MR) is 122 cm³/mol. The third kappa shape index (κ3) is 4.72. The quantitative estimate of drug-likeness (QED) is 0.465. The van der Waals surface area contributed by atoms with Crippen LogP contribution in [-0.2, 0) is 13.1 Å². The van der Waals surface area contributed by atoms with Gasteiger partial charge in [-0.3, -0.25) is 14.4 Å². The van der Waals surface area contributed by atoms with Crippen LogP contribution in [0, 0.1) is 0 Å². The van der Waals surface area contributed by atoms with E-state index in [9.17, 15) is 14.4 Å². The SMILES string of the molecule is O=C(NC1CC1)c1ccc(CN(Cc2ccco2)C(=O)c2cc(=O)c3ccccc3o2)cc1. The molecule has 166 valence electrons. The van der Waals surface area contributed by atoms with Gasteiger partial charge in [-0.15, -0.1) is 0 Å². The monoisotopic (exact) mass is 442 g/mol. The normalized spacial score (nSPS) is 13.1. The lowest BCUT2D eigenvalue weighted by molar-refractivity contribution is 0.0685. The van der Waals surface area contributed by atoms with E-state index >= 15 is 0 Å². The average molecular weight is 442 g/mol. The number of para-hydroxylation sites is 1. The van der Waals surface area contributed by atoms with Crippen LogP contribution in [0.25, 0.3) is 11.0 Å². The summed E-state index contributed by atoms with van der Waals surface area (Å²) in [5.74, 6) is 0.0490. The second-order valence-corrected chi connectivity index (χ2v) is 8.16. The molecule has 1 fully saturated rings. The van der Waals surface area contributed by atoms with Gasteiger partial charge >= 0.3 is 0 Å². The smallest absolute Gasteiger partial charge is 0.290 e. The van der Waals surface area contributed by atoms with Gasteiger partial charge in [0.15, 0.2) is 11.2 Å². The highest BCUT2D eigenvalue weighted by atomic mass is 16.3. The maximum Gasteiger partial charge on any atom is 0.290 e. The molecule has 0 atom stereocenters. The Morgan fingerprint density at radius 1 is 0.970 bits per heavy atom. The second-order valence-electron chi connectivity index (χ2n) is 8.16. The largest absolute Gasteiger partial charge is 0.467 e. The highest BCUT2D eigenvalue weighted by Crippen LogP contribution is 2.20. The molecule has 7 heteroatoms. The van der Waals surface area contributed by atoms with Gasteiger partial charge in [-0.1, -0.05) is 24.3 Å². The molecule has 0 bridgehead atoms. The third-order valence-corrected chi connectivity index (χ3v) is 5.56. The number of hydrogen-bond acceptors (Lipinski definition) is 5.